The molecule has 0 bridgehead atoms. The standard InChI is InChI=1S/C15H22N4O3/c1-11(16)6-7-17-15(20)12-4-5-13(14(10-12)19(21)22)18-8-2-3-9-18/h4-5,10-11H,2-3,6-9,16H2,1H3,(H,17,20). The van der Waals surface area contributed by atoms with Crippen molar-refractivity contribution in [3.63, 3.8) is 0 Å². The number of hydrogen-bond acceptors (Lipinski definition) is 5. The molecule has 1 aliphatic rings. The molecule has 0 aromatic heterocycles. The van der Waals surface area contributed by atoms with Gasteiger partial charge >= 0.3 is 0 Å². The van der Waals surface area contributed by atoms with Crippen LogP contribution in [0.2, 0.25) is 0 Å². The third-order valence-electron chi connectivity index (χ3n) is 3.77. The van der Waals surface area contributed by atoms with Crippen LogP contribution in [0.25, 0.3) is 0 Å². The fraction of sp³-hybridized carbons (Fsp3) is 0.533. The summed E-state index contributed by atoms with van der Waals surface area (Å²) in [4.78, 5) is 24.9. The molecule has 2 rings (SSSR count). The Morgan fingerprint density at radius 3 is 2.73 bits per heavy atom. The van der Waals surface area contributed by atoms with Crippen LogP contribution in [0.5, 0.6) is 0 Å². The van der Waals surface area contributed by atoms with Crippen LogP contribution in [-0.4, -0.2) is 36.5 Å². The molecular formula is C15H22N4O3. The molecule has 0 saturated carbocycles. The first-order valence-corrected chi connectivity index (χ1v) is 7.56. The van der Waals surface area contributed by atoms with E-state index in [0.29, 0.717) is 24.2 Å². The predicted octanol–water partition coefficient (Wildman–Crippen LogP) is 1.66. The quantitative estimate of drug-likeness (QED) is 0.615. The normalized spacial score (nSPS) is 15.6. The minimum Gasteiger partial charge on any atom is -0.366 e. The molecule has 1 atom stereocenters. The molecule has 1 heterocycles. The number of nitrogens with zero attached hydrogens (tertiary/aromatic N) is 2. The Balaban J connectivity index is 2.14. The molecule has 1 amide bonds. The zero-order chi connectivity index (χ0) is 16.1. The van der Waals surface area contributed by atoms with E-state index < -0.39 is 4.92 Å². The summed E-state index contributed by atoms with van der Waals surface area (Å²) in [6.45, 7) is 3.96. The minimum absolute atomic E-state index is 0.00665. The van der Waals surface area contributed by atoms with Crippen LogP contribution >= 0.6 is 0 Å². The smallest absolute Gasteiger partial charge is 0.293 e. The van der Waals surface area contributed by atoms with Gasteiger partial charge in [-0.2, -0.15) is 0 Å². The number of nitro benzene ring substituents is 1. The molecule has 0 spiro atoms. The van der Waals surface area contributed by atoms with E-state index >= 15 is 0 Å². The molecule has 120 valence electrons. The lowest BCUT2D eigenvalue weighted by atomic mass is 10.1. The number of carbonyl (C=O) groups is 1. The van der Waals surface area contributed by atoms with E-state index in [1.54, 1.807) is 12.1 Å². The molecule has 22 heavy (non-hydrogen) atoms. The van der Waals surface area contributed by atoms with Crippen molar-refractivity contribution < 1.29 is 9.72 Å². The second kappa shape index (κ2) is 7.22. The molecule has 3 N–H and O–H groups in total. The van der Waals surface area contributed by atoms with Gasteiger partial charge in [0.05, 0.1) is 4.92 Å². The molecule has 0 radical (unpaired) electrons. The number of anilines is 1. The Morgan fingerprint density at radius 2 is 2.14 bits per heavy atom. The summed E-state index contributed by atoms with van der Waals surface area (Å²) >= 11 is 0. The van der Waals surface area contributed by atoms with Crippen molar-refractivity contribution in [3.8, 4) is 0 Å². The van der Waals surface area contributed by atoms with Crippen LogP contribution in [0.3, 0.4) is 0 Å². The Kier molecular flexibility index (Phi) is 5.32. The first-order chi connectivity index (χ1) is 10.5. The maximum atomic E-state index is 12.0. The topological polar surface area (TPSA) is 102 Å². The molecule has 1 aromatic carbocycles. The molecule has 7 heteroatoms. The molecule has 1 aliphatic heterocycles. The summed E-state index contributed by atoms with van der Waals surface area (Å²) in [6.07, 6.45) is 2.74. The molecule has 1 fully saturated rings. The number of carbonyl (C=O) groups excluding carboxylic acids is 1. The van der Waals surface area contributed by atoms with E-state index in [4.69, 9.17) is 5.73 Å². The average Bonchev–Trinajstić information content (AvgIpc) is 3.00. The summed E-state index contributed by atoms with van der Waals surface area (Å²) in [5.74, 6) is -0.309. The number of nitrogens with one attached hydrogen (secondary N) is 1. The Labute approximate surface area is 129 Å². The highest BCUT2D eigenvalue weighted by atomic mass is 16.6. The lowest BCUT2D eigenvalue weighted by Gasteiger charge is -2.17. The zero-order valence-corrected chi connectivity index (χ0v) is 12.7. The van der Waals surface area contributed by atoms with Gasteiger partial charge in [-0.3, -0.25) is 14.9 Å². The molecular weight excluding hydrogens is 284 g/mol. The van der Waals surface area contributed by atoms with Crippen LogP contribution in [0.4, 0.5) is 11.4 Å². The van der Waals surface area contributed by atoms with E-state index in [9.17, 15) is 14.9 Å². The molecule has 0 aliphatic carbocycles. The minimum atomic E-state index is -0.424. The van der Waals surface area contributed by atoms with Gasteiger partial charge in [0.25, 0.3) is 11.6 Å². The number of nitro groups is 1. The first-order valence-electron chi connectivity index (χ1n) is 7.56. The van der Waals surface area contributed by atoms with E-state index in [0.717, 1.165) is 25.9 Å². The average molecular weight is 306 g/mol. The summed E-state index contributed by atoms with van der Waals surface area (Å²) in [6, 6.07) is 4.67. The van der Waals surface area contributed by atoms with Crippen molar-refractivity contribution in [2.75, 3.05) is 24.5 Å². The number of amides is 1. The van der Waals surface area contributed by atoms with Crippen LogP contribution in [0.1, 0.15) is 36.5 Å². The van der Waals surface area contributed by atoms with Crippen molar-refractivity contribution in [3.05, 3.63) is 33.9 Å². The summed E-state index contributed by atoms with van der Waals surface area (Å²) < 4.78 is 0. The van der Waals surface area contributed by atoms with Crippen molar-refractivity contribution in [2.45, 2.75) is 32.2 Å². The highest BCUT2D eigenvalue weighted by Gasteiger charge is 2.23. The van der Waals surface area contributed by atoms with Gasteiger partial charge in [-0.05, 0) is 38.3 Å². The van der Waals surface area contributed by atoms with Gasteiger partial charge in [0.1, 0.15) is 5.69 Å². The fourth-order valence-electron chi connectivity index (χ4n) is 2.55. The zero-order valence-electron chi connectivity index (χ0n) is 12.7. The lowest BCUT2D eigenvalue weighted by Crippen LogP contribution is -2.29. The second-order valence-corrected chi connectivity index (χ2v) is 5.68. The van der Waals surface area contributed by atoms with Crippen molar-refractivity contribution in [1.82, 2.24) is 5.32 Å². The van der Waals surface area contributed by atoms with Crippen LogP contribution < -0.4 is 16.0 Å². The number of benzene rings is 1. The summed E-state index contributed by atoms with van der Waals surface area (Å²) in [5.41, 5.74) is 6.51. The second-order valence-electron chi connectivity index (χ2n) is 5.68. The van der Waals surface area contributed by atoms with Crippen LogP contribution in [0, 0.1) is 10.1 Å². The molecule has 7 nitrogen and oxygen atoms in total. The van der Waals surface area contributed by atoms with Gasteiger partial charge in [0.15, 0.2) is 0 Å². The van der Waals surface area contributed by atoms with Gasteiger partial charge in [-0.25, -0.2) is 0 Å². The number of rotatable bonds is 6. The molecule has 1 unspecified atom stereocenters. The fourth-order valence-corrected chi connectivity index (χ4v) is 2.55. The maximum Gasteiger partial charge on any atom is 0.293 e. The number of nitrogens with two attached hydrogens (primary N) is 1. The van der Waals surface area contributed by atoms with Crippen molar-refractivity contribution >= 4 is 17.3 Å². The van der Waals surface area contributed by atoms with E-state index in [1.165, 1.54) is 6.07 Å². The van der Waals surface area contributed by atoms with E-state index in [2.05, 4.69) is 5.32 Å². The summed E-state index contributed by atoms with van der Waals surface area (Å²) in [5, 5.41) is 14.0. The summed E-state index contributed by atoms with van der Waals surface area (Å²) in [7, 11) is 0. The Hall–Kier alpha value is -2.15. The van der Waals surface area contributed by atoms with E-state index in [1.807, 2.05) is 11.8 Å². The van der Waals surface area contributed by atoms with Gasteiger partial charge in [-0.15, -0.1) is 0 Å². The molecule has 1 saturated heterocycles. The van der Waals surface area contributed by atoms with Crippen molar-refractivity contribution in [1.29, 1.82) is 0 Å². The lowest BCUT2D eigenvalue weighted by molar-refractivity contribution is -0.384. The third kappa shape index (κ3) is 3.94. The Morgan fingerprint density at radius 1 is 1.45 bits per heavy atom. The monoisotopic (exact) mass is 306 g/mol. The first kappa shape index (κ1) is 16.2. The van der Waals surface area contributed by atoms with Gasteiger partial charge in [0, 0.05) is 37.3 Å². The molecule has 1 aromatic rings. The Bertz CT molecular complexity index is 554. The van der Waals surface area contributed by atoms with E-state index in [-0.39, 0.29) is 17.6 Å². The third-order valence-corrected chi connectivity index (χ3v) is 3.77. The number of hydrogen-bond donors (Lipinski definition) is 2. The SMILES string of the molecule is CC(N)CCNC(=O)c1ccc(N2CCCC2)c([N+](=O)[O-])c1. The van der Waals surface area contributed by atoms with Crippen LogP contribution in [0.15, 0.2) is 18.2 Å². The van der Waals surface area contributed by atoms with Gasteiger partial charge < -0.3 is 16.0 Å². The predicted molar refractivity (Wildman–Crippen MR) is 85.1 cm³/mol. The van der Waals surface area contributed by atoms with Gasteiger partial charge in [-0.1, -0.05) is 0 Å². The van der Waals surface area contributed by atoms with Crippen molar-refractivity contribution in [2.24, 2.45) is 5.73 Å². The highest BCUT2D eigenvalue weighted by Crippen LogP contribution is 2.31. The van der Waals surface area contributed by atoms with Gasteiger partial charge in [0.2, 0.25) is 0 Å². The largest absolute Gasteiger partial charge is 0.366 e. The maximum absolute atomic E-state index is 12.0. The van der Waals surface area contributed by atoms with Crippen LogP contribution in [-0.2, 0) is 0 Å². The highest BCUT2D eigenvalue weighted by molar-refractivity contribution is 5.95.